The van der Waals surface area contributed by atoms with Gasteiger partial charge in [-0.15, -0.1) is 12.4 Å². The van der Waals surface area contributed by atoms with Crippen LogP contribution < -0.4 is 5.73 Å². The van der Waals surface area contributed by atoms with Crippen LogP contribution in [0.25, 0.3) is 0 Å². The van der Waals surface area contributed by atoms with E-state index in [4.69, 9.17) is 17.3 Å². The van der Waals surface area contributed by atoms with Crippen molar-refractivity contribution >= 4 is 50.0 Å². The van der Waals surface area contributed by atoms with Gasteiger partial charge in [-0.05, 0) is 40.4 Å². The van der Waals surface area contributed by atoms with Gasteiger partial charge in [-0.2, -0.15) is 0 Å². The van der Waals surface area contributed by atoms with Gasteiger partial charge in [0.2, 0.25) is 10.0 Å². The SMILES string of the molecule is CC(C)C(N)CCN(C)S(=O)(=O)c1cccc(Cl)c1Br.Cl. The Balaban J connectivity index is 0.00000400. The lowest BCUT2D eigenvalue weighted by atomic mass is 10.0. The number of rotatable bonds is 6. The quantitative estimate of drug-likeness (QED) is 0.766. The van der Waals surface area contributed by atoms with E-state index < -0.39 is 10.0 Å². The maximum absolute atomic E-state index is 12.5. The number of hydrogen-bond donors (Lipinski definition) is 1. The first-order chi connectivity index (χ1) is 9.17. The maximum atomic E-state index is 12.5. The van der Waals surface area contributed by atoms with Crippen LogP contribution in [0.2, 0.25) is 5.02 Å². The van der Waals surface area contributed by atoms with E-state index >= 15 is 0 Å². The minimum Gasteiger partial charge on any atom is -0.327 e. The summed E-state index contributed by atoms with van der Waals surface area (Å²) in [5.74, 6) is 0.323. The number of sulfonamides is 1. The molecule has 1 unspecified atom stereocenters. The topological polar surface area (TPSA) is 63.4 Å². The Labute approximate surface area is 146 Å². The fourth-order valence-electron chi connectivity index (χ4n) is 1.64. The standard InChI is InChI=1S/C13H20BrClN2O2S.ClH/c1-9(2)11(16)7-8-17(3)20(18,19)12-6-4-5-10(15)13(12)14;/h4-6,9,11H,7-8,16H2,1-3H3;1H. The number of hydrogen-bond acceptors (Lipinski definition) is 3. The van der Waals surface area contributed by atoms with Crippen LogP contribution in [0.5, 0.6) is 0 Å². The molecule has 0 saturated carbocycles. The maximum Gasteiger partial charge on any atom is 0.243 e. The van der Waals surface area contributed by atoms with Crippen molar-refractivity contribution in [2.24, 2.45) is 11.7 Å². The Hall–Kier alpha value is 0.150. The smallest absolute Gasteiger partial charge is 0.243 e. The van der Waals surface area contributed by atoms with Gasteiger partial charge in [-0.1, -0.05) is 31.5 Å². The summed E-state index contributed by atoms with van der Waals surface area (Å²) in [7, 11) is -2.02. The third kappa shape index (κ3) is 5.37. The lowest BCUT2D eigenvalue weighted by Gasteiger charge is -2.22. The summed E-state index contributed by atoms with van der Waals surface area (Å²) in [5, 5.41) is 0.373. The third-order valence-corrected chi connectivity index (χ3v) is 6.80. The van der Waals surface area contributed by atoms with Crippen molar-refractivity contribution in [3.63, 3.8) is 0 Å². The summed E-state index contributed by atoms with van der Waals surface area (Å²) in [6.07, 6.45) is 0.617. The van der Waals surface area contributed by atoms with Gasteiger partial charge >= 0.3 is 0 Å². The first-order valence-corrected chi connectivity index (χ1v) is 8.95. The molecule has 0 aliphatic rings. The van der Waals surface area contributed by atoms with Gasteiger partial charge in [-0.3, -0.25) is 0 Å². The molecule has 1 rings (SSSR count). The summed E-state index contributed by atoms with van der Waals surface area (Å²) in [6.45, 7) is 4.42. The minimum absolute atomic E-state index is 0. The van der Waals surface area contributed by atoms with Crippen molar-refractivity contribution in [1.82, 2.24) is 4.31 Å². The molecule has 0 aromatic heterocycles. The van der Waals surface area contributed by atoms with Crippen LogP contribution in [0.15, 0.2) is 27.6 Å². The lowest BCUT2D eigenvalue weighted by molar-refractivity contribution is 0.397. The van der Waals surface area contributed by atoms with Crippen molar-refractivity contribution in [1.29, 1.82) is 0 Å². The first kappa shape index (κ1) is 21.1. The average molecular weight is 420 g/mol. The van der Waals surface area contributed by atoms with Crippen LogP contribution in [-0.2, 0) is 10.0 Å². The molecular formula is C13H21BrCl2N2O2S. The van der Waals surface area contributed by atoms with Crippen LogP contribution in [0, 0.1) is 5.92 Å². The van der Waals surface area contributed by atoms with Crippen molar-refractivity contribution < 1.29 is 8.42 Å². The lowest BCUT2D eigenvalue weighted by Crippen LogP contribution is -2.34. The van der Waals surface area contributed by atoms with Crippen molar-refractivity contribution in [2.45, 2.75) is 31.2 Å². The Bertz CT molecular complexity index is 567. The molecule has 1 atom stereocenters. The molecular weight excluding hydrogens is 399 g/mol. The van der Waals surface area contributed by atoms with E-state index in [1.807, 2.05) is 13.8 Å². The molecule has 0 saturated heterocycles. The minimum atomic E-state index is -3.57. The summed E-state index contributed by atoms with van der Waals surface area (Å²) >= 11 is 9.17. The molecule has 1 aromatic carbocycles. The van der Waals surface area contributed by atoms with E-state index in [0.29, 0.717) is 28.4 Å². The van der Waals surface area contributed by atoms with Crippen LogP contribution >= 0.6 is 39.9 Å². The fourth-order valence-corrected chi connectivity index (χ4v) is 4.01. The molecule has 0 bridgehead atoms. The second-order valence-corrected chi connectivity index (χ2v) is 8.29. The molecule has 122 valence electrons. The van der Waals surface area contributed by atoms with Crippen molar-refractivity contribution in [3.8, 4) is 0 Å². The van der Waals surface area contributed by atoms with Crippen LogP contribution in [0.3, 0.4) is 0 Å². The Kier molecular flexibility index (Phi) is 8.76. The van der Waals surface area contributed by atoms with E-state index in [1.165, 1.54) is 10.4 Å². The average Bonchev–Trinajstić information content (AvgIpc) is 2.38. The molecule has 0 amide bonds. The molecule has 0 fully saturated rings. The second kappa shape index (κ2) is 8.70. The van der Waals surface area contributed by atoms with Gasteiger partial charge in [0, 0.05) is 19.6 Å². The molecule has 0 aliphatic heterocycles. The predicted molar refractivity (Wildman–Crippen MR) is 93.6 cm³/mol. The van der Waals surface area contributed by atoms with E-state index in [-0.39, 0.29) is 23.3 Å². The van der Waals surface area contributed by atoms with Crippen molar-refractivity contribution in [3.05, 3.63) is 27.7 Å². The molecule has 21 heavy (non-hydrogen) atoms. The Morgan fingerprint density at radius 3 is 2.48 bits per heavy atom. The van der Waals surface area contributed by atoms with Crippen molar-refractivity contribution in [2.75, 3.05) is 13.6 Å². The number of benzene rings is 1. The fraction of sp³-hybridized carbons (Fsp3) is 0.538. The van der Waals surface area contributed by atoms with E-state index in [9.17, 15) is 8.42 Å². The van der Waals surface area contributed by atoms with Gasteiger partial charge < -0.3 is 5.73 Å². The first-order valence-electron chi connectivity index (χ1n) is 6.34. The number of nitrogens with two attached hydrogens (primary N) is 1. The summed E-state index contributed by atoms with van der Waals surface area (Å²) in [4.78, 5) is 0.172. The van der Waals surface area contributed by atoms with Gasteiger partial charge in [-0.25, -0.2) is 12.7 Å². The molecule has 0 aliphatic carbocycles. The van der Waals surface area contributed by atoms with E-state index in [1.54, 1.807) is 19.2 Å². The molecule has 1 aromatic rings. The Morgan fingerprint density at radius 1 is 1.38 bits per heavy atom. The molecule has 0 radical (unpaired) electrons. The zero-order valence-corrected chi connectivity index (χ0v) is 16.2. The monoisotopic (exact) mass is 418 g/mol. The third-order valence-electron chi connectivity index (χ3n) is 3.24. The highest BCUT2D eigenvalue weighted by Gasteiger charge is 2.24. The molecule has 2 N–H and O–H groups in total. The van der Waals surface area contributed by atoms with Gasteiger partial charge in [0.25, 0.3) is 0 Å². The highest BCUT2D eigenvalue weighted by molar-refractivity contribution is 9.10. The molecule has 8 heteroatoms. The van der Waals surface area contributed by atoms with Crippen LogP contribution in [0.4, 0.5) is 0 Å². The van der Waals surface area contributed by atoms with Gasteiger partial charge in [0.15, 0.2) is 0 Å². The Morgan fingerprint density at radius 2 is 1.95 bits per heavy atom. The van der Waals surface area contributed by atoms with Gasteiger partial charge in [0.1, 0.15) is 0 Å². The highest BCUT2D eigenvalue weighted by atomic mass is 79.9. The van der Waals surface area contributed by atoms with Gasteiger partial charge in [0.05, 0.1) is 14.4 Å². The summed E-state index contributed by atoms with van der Waals surface area (Å²) in [6, 6.07) is 4.77. The molecule has 0 spiro atoms. The number of halogens is 3. The summed E-state index contributed by atoms with van der Waals surface area (Å²) < 4.78 is 26.7. The van der Waals surface area contributed by atoms with E-state index in [0.717, 1.165) is 0 Å². The van der Waals surface area contributed by atoms with Crippen LogP contribution in [-0.4, -0.2) is 32.4 Å². The molecule has 0 heterocycles. The normalized spacial score (nSPS) is 13.3. The predicted octanol–water partition coefficient (Wildman–Crippen LogP) is 3.52. The molecule has 4 nitrogen and oxygen atoms in total. The zero-order chi connectivity index (χ0) is 15.5. The number of nitrogens with zero attached hydrogens (tertiary/aromatic N) is 1. The highest BCUT2D eigenvalue weighted by Crippen LogP contribution is 2.31. The largest absolute Gasteiger partial charge is 0.327 e. The zero-order valence-electron chi connectivity index (χ0n) is 12.2. The summed E-state index contributed by atoms with van der Waals surface area (Å²) in [5.41, 5.74) is 5.95. The van der Waals surface area contributed by atoms with E-state index in [2.05, 4.69) is 15.9 Å². The van der Waals surface area contributed by atoms with Crippen LogP contribution in [0.1, 0.15) is 20.3 Å². The second-order valence-electron chi connectivity index (χ2n) is 5.08.